The van der Waals surface area contributed by atoms with Crippen molar-refractivity contribution in [2.75, 3.05) is 6.54 Å². The first-order valence-corrected chi connectivity index (χ1v) is 5.07. The molecule has 0 aliphatic heterocycles. The number of carboxylic acids is 1. The van der Waals surface area contributed by atoms with Crippen LogP contribution < -0.4 is 4.74 Å². The van der Waals surface area contributed by atoms with Crippen molar-refractivity contribution < 1.29 is 24.4 Å². The van der Waals surface area contributed by atoms with E-state index in [9.17, 15) is 19.7 Å². The van der Waals surface area contributed by atoms with E-state index in [1.165, 1.54) is 18.2 Å². The van der Waals surface area contributed by atoms with Crippen LogP contribution in [0.25, 0.3) is 0 Å². The molecule has 1 N–H and O–H groups in total. The lowest BCUT2D eigenvalue weighted by Gasteiger charge is -2.10. The molecule has 0 bridgehead atoms. The van der Waals surface area contributed by atoms with Crippen LogP contribution in [-0.2, 0) is 11.2 Å². The Balaban J connectivity index is 3.14. The normalized spacial score (nSPS) is 9.83. The summed E-state index contributed by atoms with van der Waals surface area (Å²) in [5.41, 5.74) is 0.132. The number of aromatic carboxylic acids is 1. The number of carbonyl (C=O) groups is 2. The molecular weight excluding hydrogens is 242 g/mol. The number of hydrogen-bond donors (Lipinski definition) is 1. The van der Waals surface area contributed by atoms with Gasteiger partial charge in [-0.25, -0.2) is 4.79 Å². The molecule has 1 aromatic rings. The van der Waals surface area contributed by atoms with Crippen molar-refractivity contribution in [3.05, 3.63) is 39.4 Å². The summed E-state index contributed by atoms with van der Waals surface area (Å²) in [6.45, 7) is 0.771. The minimum absolute atomic E-state index is 0.00324. The van der Waals surface area contributed by atoms with Gasteiger partial charge in [-0.2, -0.15) is 0 Å². The standard InChI is InChI=1S/C11H11NO6/c1-7(13)18-10-8(5-6-12(16)17)3-2-4-9(10)11(14)15/h2-4H,5-6H2,1H3,(H,14,15). The summed E-state index contributed by atoms with van der Waals surface area (Å²) in [6, 6.07) is 4.22. The molecule has 1 aromatic carbocycles. The molecule has 0 aliphatic rings. The first kappa shape index (κ1) is 13.6. The molecule has 0 aliphatic carbocycles. The van der Waals surface area contributed by atoms with Crippen LogP contribution in [-0.4, -0.2) is 28.5 Å². The quantitative estimate of drug-likeness (QED) is 0.365. The molecule has 7 heteroatoms. The van der Waals surface area contributed by atoms with Gasteiger partial charge in [0.05, 0.1) is 0 Å². The largest absolute Gasteiger partial charge is 0.478 e. The second-order valence-corrected chi connectivity index (χ2v) is 3.50. The van der Waals surface area contributed by atoms with Crippen LogP contribution in [0.4, 0.5) is 0 Å². The molecule has 0 fully saturated rings. The van der Waals surface area contributed by atoms with Gasteiger partial charge in [0.1, 0.15) is 11.3 Å². The Morgan fingerprint density at radius 1 is 1.44 bits per heavy atom. The first-order chi connectivity index (χ1) is 8.41. The van der Waals surface area contributed by atoms with Crippen molar-refractivity contribution in [3.8, 4) is 5.75 Å². The summed E-state index contributed by atoms with van der Waals surface area (Å²) < 4.78 is 4.83. The molecule has 1 rings (SSSR count). The minimum Gasteiger partial charge on any atom is -0.478 e. The maximum atomic E-state index is 11.0. The van der Waals surface area contributed by atoms with Crippen molar-refractivity contribution in [1.29, 1.82) is 0 Å². The van der Waals surface area contributed by atoms with Gasteiger partial charge in [-0.1, -0.05) is 12.1 Å². The van der Waals surface area contributed by atoms with Crippen LogP contribution >= 0.6 is 0 Å². The average Bonchev–Trinajstić information content (AvgIpc) is 2.26. The Morgan fingerprint density at radius 2 is 2.11 bits per heavy atom. The molecule has 0 amide bonds. The topological polar surface area (TPSA) is 107 Å². The number of carboxylic acid groups (broad SMARTS) is 1. The van der Waals surface area contributed by atoms with Crippen molar-refractivity contribution in [2.24, 2.45) is 0 Å². The number of carbonyl (C=O) groups excluding carboxylic acids is 1. The molecule has 7 nitrogen and oxygen atoms in total. The van der Waals surface area contributed by atoms with Crippen molar-refractivity contribution in [3.63, 3.8) is 0 Å². The smallest absolute Gasteiger partial charge is 0.339 e. The molecule has 0 saturated heterocycles. The molecule has 0 atom stereocenters. The fraction of sp³-hybridized carbons (Fsp3) is 0.273. The summed E-state index contributed by atoms with van der Waals surface area (Å²) in [4.78, 5) is 31.7. The number of esters is 1. The highest BCUT2D eigenvalue weighted by molar-refractivity contribution is 5.92. The number of hydrogen-bond acceptors (Lipinski definition) is 5. The Bertz CT molecular complexity index is 496. The van der Waals surface area contributed by atoms with Gasteiger partial charge in [-0.3, -0.25) is 14.9 Å². The fourth-order valence-electron chi connectivity index (χ4n) is 1.43. The van der Waals surface area contributed by atoms with Gasteiger partial charge in [0, 0.05) is 23.8 Å². The van der Waals surface area contributed by atoms with Crippen molar-refractivity contribution in [2.45, 2.75) is 13.3 Å². The third kappa shape index (κ3) is 3.55. The fourth-order valence-corrected chi connectivity index (χ4v) is 1.43. The molecule has 0 radical (unpaired) electrons. The molecule has 0 aromatic heterocycles. The highest BCUT2D eigenvalue weighted by Gasteiger charge is 2.18. The van der Waals surface area contributed by atoms with Crippen LogP contribution in [0, 0.1) is 10.1 Å². The predicted octanol–water partition coefficient (Wildman–Crippen LogP) is 1.13. The first-order valence-electron chi connectivity index (χ1n) is 5.07. The summed E-state index contributed by atoms with van der Waals surface area (Å²) in [7, 11) is 0. The number of nitrogens with zero attached hydrogens (tertiary/aromatic N) is 1. The zero-order valence-electron chi connectivity index (χ0n) is 9.58. The van der Waals surface area contributed by atoms with Crippen LogP contribution in [0.1, 0.15) is 22.8 Å². The Labute approximate surface area is 102 Å². The lowest BCUT2D eigenvalue weighted by Crippen LogP contribution is -2.12. The van der Waals surface area contributed by atoms with Crippen LogP contribution in [0.15, 0.2) is 18.2 Å². The molecule has 0 spiro atoms. The lowest BCUT2D eigenvalue weighted by atomic mass is 10.1. The number of para-hydroxylation sites is 1. The second-order valence-electron chi connectivity index (χ2n) is 3.50. The van der Waals surface area contributed by atoms with E-state index in [1.807, 2.05) is 0 Å². The third-order valence-corrected chi connectivity index (χ3v) is 2.14. The summed E-state index contributed by atoms with van der Waals surface area (Å²) in [5, 5.41) is 19.3. The van der Waals surface area contributed by atoms with Crippen LogP contribution in [0.5, 0.6) is 5.75 Å². The van der Waals surface area contributed by atoms with Crippen LogP contribution in [0.3, 0.4) is 0 Å². The lowest BCUT2D eigenvalue weighted by molar-refractivity contribution is -0.479. The maximum Gasteiger partial charge on any atom is 0.339 e. The van der Waals surface area contributed by atoms with Gasteiger partial charge < -0.3 is 9.84 Å². The van der Waals surface area contributed by atoms with Gasteiger partial charge in [0.15, 0.2) is 0 Å². The van der Waals surface area contributed by atoms with Crippen LogP contribution in [0.2, 0.25) is 0 Å². The Hall–Kier alpha value is -2.44. The molecule has 18 heavy (non-hydrogen) atoms. The van der Waals surface area contributed by atoms with E-state index in [0.717, 1.165) is 6.92 Å². The number of benzene rings is 1. The monoisotopic (exact) mass is 253 g/mol. The molecule has 0 heterocycles. The van der Waals surface area contributed by atoms with E-state index in [2.05, 4.69) is 0 Å². The number of rotatable bonds is 5. The zero-order valence-corrected chi connectivity index (χ0v) is 9.58. The SMILES string of the molecule is CC(=O)Oc1c(CC[N+](=O)[O-])cccc1C(=O)O. The van der Waals surface area contributed by atoms with E-state index in [4.69, 9.17) is 9.84 Å². The Morgan fingerprint density at radius 3 is 2.61 bits per heavy atom. The van der Waals surface area contributed by atoms with E-state index in [1.54, 1.807) is 0 Å². The predicted molar refractivity (Wildman–Crippen MR) is 60.3 cm³/mol. The number of nitro groups is 1. The van der Waals surface area contributed by atoms with E-state index < -0.39 is 16.9 Å². The van der Waals surface area contributed by atoms with Gasteiger partial charge >= 0.3 is 11.9 Å². The summed E-state index contributed by atoms with van der Waals surface area (Å²) in [6.07, 6.45) is -0.00324. The van der Waals surface area contributed by atoms with Crippen molar-refractivity contribution in [1.82, 2.24) is 0 Å². The molecule has 0 unspecified atom stereocenters. The highest BCUT2D eigenvalue weighted by atomic mass is 16.6. The average molecular weight is 253 g/mol. The minimum atomic E-state index is -1.26. The molecular formula is C11H11NO6. The highest BCUT2D eigenvalue weighted by Crippen LogP contribution is 2.25. The van der Waals surface area contributed by atoms with Gasteiger partial charge in [0.2, 0.25) is 6.54 Å². The summed E-state index contributed by atoms with van der Waals surface area (Å²) in [5.74, 6) is -2.06. The van der Waals surface area contributed by atoms with Crippen molar-refractivity contribution >= 4 is 11.9 Å². The second kappa shape index (κ2) is 5.76. The van der Waals surface area contributed by atoms with E-state index in [0.29, 0.717) is 5.56 Å². The van der Waals surface area contributed by atoms with Gasteiger partial charge in [0.25, 0.3) is 0 Å². The van der Waals surface area contributed by atoms with Gasteiger partial charge in [-0.05, 0) is 6.07 Å². The number of ether oxygens (including phenoxy) is 1. The van der Waals surface area contributed by atoms with E-state index in [-0.39, 0.29) is 24.3 Å². The van der Waals surface area contributed by atoms with E-state index >= 15 is 0 Å². The Kier molecular flexibility index (Phi) is 4.36. The summed E-state index contributed by atoms with van der Waals surface area (Å²) >= 11 is 0. The zero-order chi connectivity index (χ0) is 13.7. The third-order valence-electron chi connectivity index (χ3n) is 2.14. The van der Waals surface area contributed by atoms with Gasteiger partial charge in [-0.15, -0.1) is 0 Å². The molecule has 96 valence electrons. The molecule has 0 saturated carbocycles. The maximum absolute atomic E-state index is 11.0.